The predicted molar refractivity (Wildman–Crippen MR) is 116 cm³/mol. The van der Waals surface area contributed by atoms with E-state index in [2.05, 4.69) is 5.32 Å². The van der Waals surface area contributed by atoms with E-state index in [0.29, 0.717) is 18.9 Å². The summed E-state index contributed by atoms with van der Waals surface area (Å²) >= 11 is 0. The number of likely N-dealkylation sites (tertiary alicyclic amines) is 1. The van der Waals surface area contributed by atoms with Crippen LogP contribution in [0.1, 0.15) is 87.8 Å². The number of nitrogens with zero attached hydrogens (tertiary/aromatic N) is 4. The van der Waals surface area contributed by atoms with Crippen molar-refractivity contribution in [2.24, 2.45) is 5.92 Å². The molecule has 1 saturated heterocycles. The molecule has 2 aliphatic heterocycles. The lowest BCUT2D eigenvalue weighted by molar-refractivity contribution is -0.134. The Morgan fingerprint density at radius 1 is 1.03 bits per heavy atom. The van der Waals surface area contributed by atoms with Crippen LogP contribution in [0.2, 0.25) is 0 Å². The van der Waals surface area contributed by atoms with Gasteiger partial charge in [0.2, 0.25) is 11.8 Å². The molecule has 1 aromatic rings. The summed E-state index contributed by atoms with van der Waals surface area (Å²) in [6.07, 6.45) is 10.7. The molecule has 30 heavy (non-hydrogen) atoms. The van der Waals surface area contributed by atoms with Gasteiger partial charge in [-0.05, 0) is 38.0 Å². The third-order valence-corrected chi connectivity index (χ3v) is 7.06. The highest BCUT2D eigenvalue weighted by Crippen LogP contribution is 2.33. The molecule has 0 radical (unpaired) electrons. The quantitative estimate of drug-likeness (QED) is 0.818. The summed E-state index contributed by atoms with van der Waals surface area (Å²) in [5, 5.41) is 3.23. The lowest BCUT2D eigenvalue weighted by Crippen LogP contribution is -2.40. The van der Waals surface area contributed by atoms with Gasteiger partial charge in [0.1, 0.15) is 5.82 Å². The number of carbonyl (C=O) groups excluding carboxylic acids is 2. The largest absolute Gasteiger partial charge is 0.373 e. The standard InChI is InChI=1S/C23H35N5O2/c1-16(29)28-12-7-6-10-20(28)23-25-19-11-13-27(15-18(19)22(24-2)26-23)21(30)14-17-8-4-3-5-9-17/h17,20H,3-15H2,1-2H3,(H,24,25,26)/t20-/m1/s1. The number of piperidine rings is 1. The average molecular weight is 414 g/mol. The summed E-state index contributed by atoms with van der Waals surface area (Å²) in [6.45, 7) is 3.71. The topological polar surface area (TPSA) is 78.4 Å². The Kier molecular flexibility index (Phi) is 6.54. The molecule has 0 spiro atoms. The first-order chi connectivity index (χ1) is 14.6. The highest BCUT2D eigenvalue weighted by Gasteiger charge is 2.32. The first kappa shape index (κ1) is 21.1. The van der Waals surface area contributed by atoms with Gasteiger partial charge in [-0.25, -0.2) is 9.97 Å². The van der Waals surface area contributed by atoms with E-state index in [1.54, 1.807) is 6.92 Å². The smallest absolute Gasteiger partial charge is 0.223 e. The van der Waals surface area contributed by atoms with Gasteiger partial charge in [-0.3, -0.25) is 9.59 Å². The molecule has 2 amide bonds. The van der Waals surface area contributed by atoms with Crippen LogP contribution < -0.4 is 5.32 Å². The van der Waals surface area contributed by atoms with Gasteiger partial charge in [0.05, 0.1) is 18.3 Å². The van der Waals surface area contributed by atoms with Crippen molar-refractivity contribution in [1.29, 1.82) is 0 Å². The van der Waals surface area contributed by atoms with Gasteiger partial charge in [-0.1, -0.05) is 19.3 Å². The second-order valence-corrected chi connectivity index (χ2v) is 9.10. The van der Waals surface area contributed by atoms with Crippen molar-refractivity contribution in [1.82, 2.24) is 19.8 Å². The first-order valence-corrected chi connectivity index (χ1v) is 11.7. The molecule has 1 aromatic heterocycles. The van der Waals surface area contributed by atoms with Crippen LogP contribution in [0.5, 0.6) is 0 Å². The Hall–Kier alpha value is -2.18. The van der Waals surface area contributed by atoms with E-state index >= 15 is 0 Å². The Morgan fingerprint density at radius 3 is 2.53 bits per heavy atom. The van der Waals surface area contributed by atoms with Crippen molar-refractivity contribution >= 4 is 17.6 Å². The summed E-state index contributed by atoms with van der Waals surface area (Å²) in [5.74, 6) is 2.47. The molecule has 3 heterocycles. The molecule has 1 aliphatic carbocycles. The van der Waals surface area contributed by atoms with E-state index < -0.39 is 0 Å². The second-order valence-electron chi connectivity index (χ2n) is 9.10. The summed E-state index contributed by atoms with van der Waals surface area (Å²) < 4.78 is 0. The second kappa shape index (κ2) is 9.31. The lowest BCUT2D eigenvalue weighted by atomic mass is 9.86. The number of carbonyl (C=O) groups is 2. The van der Waals surface area contributed by atoms with Crippen LogP contribution in [-0.4, -0.2) is 51.7 Å². The van der Waals surface area contributed by atoms with Gasteiger partial charge in [0, 0.05) is 45.5 Å². The highest BCUT2D eigenvalue weighted by molar-refractivity contribution is 5.77. The molecular weight excluding hydrogens is 378 g/mol. The van der Waals surface area contributed by atoms with Gasteiger partial charge < -0.3 is 15.1 Å². The van der Waals surface area contributed by atoms with Crippen LogP contribution in [0.15, 0.2) is 0 Å². The molecular formula is C23H35N5O2. The van der Waals surface area contributed by atoms with Gasteiger partial charge in [-0.2, -0.15) is 0 Å². The molecule has 1 N–H and O–H groups in total. The fraction of sp³-hybridized carbons (Fsp3) is 0.739. The van der Waals surface area contributed by atoms with Crippen LogP contribution in [0.3, 0.4) is 0 Å². The summed E-state index contributed by atoms with van der Waals surface area (Å²) in [5.41, 5.74) is 2.06. The Morgan fingerprint density at radius 2 is 1.80 bits per heavy atom. The number of anilines is 1. The van der Waals surface area contributed by atoms with Crippen molar-refractivity contribution < 1.29 is 9.59 Å². The minimum Gasteiger partial charge on any atom is -0.373 e. The van der Waals surface area contributed by atoms with E-state index in [-0.39, 0.29) is 17.9 Å². The van der Waals surface area contributed by atoms with Crippen LogP contribution in [0.4, 0.5) is 5.82 Å². The monoisotopic (exact) mass is 413 g/mol. The molecule has 7 nitrogen and oxygen atoms in total. The van der Waals surface area contributed by atoms with E-state index in [0.717, 1.165) is 61.7 Å². The number of amides is 2. The zero-order valence-corrected chi connectivity index (χ0v) is 18.5. The van der Waals surface area contributed by atoms with Crippen molar-refractivity contribution in [2.75, 3.05) is 25.5 Å². The minimum atomic E-state index is -0.0420. The molecule has 0 bridgehead atoms. The fourth-order valence-corrected chi connectivity index (χ4v) is 5.35. The average Bonchev–Trinajstić information content (AvgIpc) is 2.78. The van der Waals surface area contributed by atoms with Gasteiger partial charge in [0.15, 0.2) is 5.82 Å². The molecule has 4 rings (SSSR count). The Bertz CT molecular complexity index is 773. The van der Waals surface area contributed by atoms with Crippen molar-refractivity contribution in [2.45, 2.75) is 83.7 Å². The number of rotatable bonds is 4. The van der Waals surface area contributed by atoms with Crippen LogP contribution in [0, 0.1) is 5.92 Å². The lowest BCUT2D eigenvalue weighted by Gasteiger charge is -2.35. The summed E-state index contributed by atoms with van der Waals surface area (Å²) in [4.78, 5) is 38.7. The van der Waals surface area contributed by atoms with Crippen LogP contribution >= 0.6 is 0 Å². The molecule has 1 atom stereocenters. The third-order valence-electron chi connectivity index (χ3n) is 7.06. The SMILES string of the molecule is CNc1nc([C@H]2CCCCN2C(C)=O)nc2c1CN(C(=O)CC1CCCCC1)CC2. The molecule has 3 aliphatic rings. The predicted octanol–water partition coefficient (Wildman–Crippen LogP) is 3.45. The summed E-state index contributed by atoms with van der Waals surface area (Å²) in [7, 11) is 1.87. The summed E-state index contributed by atoms with van der Waals surface area (Å²) in [6, 6.07) is -0.0420. The third kappa shape index (κ3) is 4.44. The van der Waals surface area contributed by atoms with Crippen molar-refractivity contribution in [3.63, 3.8) is 0 Å². The van der Waals surface area contributed by atoms with Gasteiger partial charge >= 0.3 is 0 Å². The number of hydrogen-bond donors (Lipinski definition) is 1. The van der Waals surface area contributed by atoms with E-state index in [1.807, 2.05) is 16.8 Å². The van der Waals surface area contributed by atoms with Crippen molar-refractivity contribution in [3.8, 4) is 0 Å². The van der Waals surface area contributed by atoms with E-state index in [4.69, 9.17) is 9.97 Å². The first-order valence-electron chi connectivity index (χ1n) is 11.7. The molecule has 2 fully saturated rings. The van der Waals surface area contributed by atoms with Gasteiger partial charge in [0.25, 0.3) is 0 Å². The van der Waals surface area contributed by atoms with E-state index in [9.17, 15) is 9.59 Å². The van der Waals surface area contributed by atoms with Gasteiger partial charge in [-0.15, -0.1) is 0 Å². The molecule has 0 aromatic carbocycles. The number of fused-ring (bicyclic) bond motifs is 1. The molecule has 1 saturated carbocycles. The fourth-order valence-electron chi connectivity index (χ4n) is 5.35. The number of aromatic nitrogens is 2. The molecule has 164 valence electrons. The van der Waals surface area contributed by atoms with Crippen molar-refractivity contribution in [3.05, 3.63) is 17.1 Å². The number of hydrogen-bond acceptors (Lipinski definition) is 5. The zero-order chi connectivity index (χ0) is 21.1. The number of nitrogens with one attached hydrogen (secondary N) is 1. The Labute approximate surface area is 179 Å². The maximum atomic E-state index is 12.9. The highest BCUT2D eigenvalue weighted by atomic mass is 16.2. The van der Waals surface area contributed by atoms with Crippen LogP contribution in [-0.2, 0) is 22.6 Å². The minimum absolute atomic E-state index is 0.0420. The maximum absolute atomic E-state index is 12.9. The maximum Gasteiger partial charge on any atom is 0.223 e. The normalized spacial score (nSPS) is 22.5. The van der Waals surface area contributed by atoms with Crippen LogP contribution in [0.25, 0.3) is 0 Å². The van der Waals surface area contributed by atoms with E-state index in [1.165, 1.54) is 32.1 Å². The molecule has 7 heteroatoms. The Balaban J connectivity index is 1.51. The zero-order valence-electron chi connectivity index (χ0n) is 18.5. The molecule has 0 unspecified atom stereocenters.